The van der Waals surface area contributed by atoms with Gasteiger partial charge in [0, 0.05) is 24.7 Å². The fourth-order valence-electron chi connectivity index (χ4n) is 3.17. The minimum Gasteiger partial charge on any atom is -0.326 e. The van der Waals surface area contributed by atoms with E-state index in [0.29, 0.717) is 18.9 Å². The third-order valence-electron chi connectivity index (χ3n) is 4.29. The van der Waals surface area contributed by atoms with Crippen molar-refractivity contribution in [3.05, 3.63) is 29.8 Å². The molecule has 1 fully saturated rings. The fourth-order valence-corrected chi connectivity index (χ4v) is 4.37. The molecule has 20 heavy (non-hydrogen) atoms. The maximum atomic E-state index is 12.6. The number of para-hydroxylation sites is 1. The van der Waals surface area contributed by atoms with Crippen LogP contribution in [0.25, 0.3) is 0 Å². The van der Waals surface area contributed by atoms with Gasteiger partial charge in [0.2, 0.25) is 5.91 Å². The summed E-state index contributed by atoms with van der Waals surface area (Å²) in [6.07, 6.45) is 3.91. The Morgan fingerprint density at radius 1 is 1.30 bits per heavy atom. The van der Waals surface area contributed by atoms with Crippen molar-refractivity contribution in [1.29, 1.82) is 0 Å². The molecule has 2 aliphatic heterocycles. The normalized spacial score (nSPS) is 23.4. The number of nitrogens with two attached hydrogens (primary N) is 1. The summed E-state index contributed by atoms with van der Waals surface area (Å²) in [7, 11) is 0. The van der Waals surface area contributed by atoms with E-state index in [2.05, 4.69) is 12.1 Å². The third-order valence-corrected chi connectivity index (χ3v) is 5.34. The Bertz CT molecular complexity index is 485. The van der Waals surface area contributed by atoms with Crippen LogP contribution in [0.1, 0.15) is 24.8 Å². The highest BCUT2D eigenvalue weighted by Gasteiger charge is 2.28. The van der Waals surface area contributed by atoms with Crippen LogP contribution in [0.4, 0.5) is 5.69 Å². The highest BCUT2D eigenvalue weighted by Crippen LogP contribution is 2.30. The molecule has 1 aromatic rings. The van der Waals surface area contributed by atoms with Crippen LogP contribution in [0.2, 0.25) is 0 Å². The first-order chi connectivity index (χ1) is 9.74. The van der Waals surface area contributed by atoms with Crippen LogP contribution in [-0.4, -0.2) is 30.0 Å². The van der Waals surface area contributed by atoms with E-state index in [9.17, 15) is 4.79 Å². The zero-order valence-electron chi connectivity index (χ0n) is 11.8. The monoisotopic (exact) mass is 290 g/mol. The molecule has 2 aliphatic rings. The molecular weight excluding hydrogens is 268 g/mol. The van der Waals surface area contributed by atoms with E-state index >= 15 is 0 Å². The summed E-state index contributed by atoms with van der Waals surface area (Å²) in [6, 6.07) is 8.24. The van der Waals surface area contributed by atoms with Gasteiger partial charge < -0.3 is 10.6 Å². The molecule has 0 radical (unpaired) electrons. The van der Waals surface area contributed by atoms with E-state index < -0.39 is 0 Å². The number of anilines is 1. The Hall–Kier alpha value is -1.000. The lowest BCUT2D eigenvalue weighted by Crippen LogP contribution is -2.46. The summed E-state index contributed by atoms with van der Waals surface area (Å²) < 4.78 is 0. The summed E-state index contributed by atoms with van der Waals surface area (Å²) in [5.74, 6) is 3.22. The van der Waals surface area contributed by atoms with Gasteiger partial charge in [0.05, 0.1) is 0 Å². The molecule has 0 bridgehead atoms. The maximum absolute atomic E-state index is 12.6. The number of carbonyl (C=O) groups is 1. The topological polar surface area (TPSA) is 46.3 Å². The lowest BCUT2D eigenvalue weighted by molar-refractivity contribution is -0.119. The number of amides is 1. The van der Waals surface area contributed by atoms with E-state index in [0.717, 1.165) is 12.1 Å². The van der Waals surface area contributed by atoms with Gasteiger partial charge in [0.25, 0.3) is 0 Å². The molecule has 0 saturated carbocycles. The molecular formula is C16H22N2OS. The standard InChI is InChI=1S/C16H22N2OS/c17-14-10-13-3-1-2-4-15(13)18(11-14)16(19)9-12-5-7-20-8-6-12/h1-4,12,14H,5-11,17H2. The average Bonchev–Trinajstić information content (AvgIpc) is 2.47. The van der Waals surface area contributed by atoms with Crippen LogP contribution in [0.5, 0.6) is 0 Å². The molecule has 1 saturated heterocycles. The second-order valence-corrected chi connectivity index (χ2v) is 7.08. The van der Waals surface area contributed by atoms with Gasteiger partial charge >= 0.3 is 0 Å². The molecule has 4 heteroatoms. The minimum atomic E-state index is 0.0655. The molecule has 3 rings (SSSR count). The van der Waals surface area contributed by atoms with E-state index in [1.807, 2.05) is 28.8 Å². The molecule has 0 aromatic heterocycles. The van der Waals surface area contributed by atoms with Gasteiger partial charge in [0.1, 0.15) is 0 Å². The van der Waals surface area contributed by atoms with Crippen LogP contribution in [-0.2, 0) is 11.2 Å². The zero-order chi connectivity index (χ0) is 13.9. The number of fused-ring (bicyclic) bond motifs is 1. The molecule has 1 aromatic carbocycles. The lowest BCUT2D eigenvalue weighted by Gasteiger charge is -2.34. The Morgan fingerprint density at radius 3 is 2.85 bits per heavy atom. The Balaban J connectivity index is 1.74. The molecule has 1 amide bonds. The highest BCUT2D eigenvalue weighted by atomic mass is 32.2. The smallest absolute Gasteiger partial charge is 0.227 e. The Kier molecular flexibility index (Phi) is 4.32. The summed E-state index contributed by atoms with van der Waals surface area (Å²) in [4.78, 5) is 14.6. The van der Waals surface area contributed by atoms with Gasteiger partial charge in [-0.15, -0.1) is 0 Å². The molecule has 2 N–H and O–H groups in total. The Morgan fingerprint density at radius 2 is 2.05 bits per heavy atom. The SMILES string of the molecule is NC1Cc2ccccc2N(C(=O)CC2CCSCC2)C1. The lowest BCUT2D eigenvalue weighted by atomic mass is 9.95. The van der Waals surface area contributed by atoms with Crippen LogP contribution < -0.4 is 10.6 Å². The summed E-state index contributed by atoms with van der Waals surface area (Å²) in [6.45, 7) is 0.664. The molecule has 1 atom stereocenters. The zero-order valence-corrected chi connectivity index (χ0v) is 12.6. The second kappa shape index (κ2) is 6.19. The van der Waals surface area contributed by atoms with Crippen molar-refractivity contribution in [3.63, 3.8) is 0 Å². The van der Waals surface area contributed by atoms with Crippen LogP contribution in [0.3, 0.4) is 0 Å². The van der Waals surface area contributed by atoms with Crippen molar-refractivity contribution < 1.29 is 4.79 Å². The number of hydrogen-bond acceptors (Lipinski definition) is 3. The third kappa shape index (κ3) is 3.01. The average molecular weight is 290 g/mol. The number of nitrogens with zero attached hydrogens (tertiary/aromatic N) is 1. The summed E-state index contributed by atoms with van der Waals surface area (Å²) in [5.41, 5.74) is 8.39. The van der Waals surface area contributed by atoms with Crippen molar-refractivity contribution in [2.45, 2.75) is 31.7 Å². The number of benzene rings is 1. The fraction of sp³-hybridized carbons (Fsp3) is 0.562. The van der Waals surface area contributed by atoms with Gasteiger partial charge in [-0.25, -0.2) is 0 Å². The molecule has 1 unspecified atom stereocenters. The Labute approximate surface area is 124 Å². The first-order valence-corrected chi connectivity index (χ1v) is 8.61. The first kappa shape index (κ1) is 14.0. The van der Waals surface area contributed by atoms with E-state index in [1.54, 1.807) is 0 Å². The van der Waals surface area contributed by atoms with Crippen molar-refractivity contribution >= 4 is 23.4 Å². The largest absolute Gasteiger partial charge is 0.326 e. The van der Waals surface area contributed by atoms with Crippen LogP contribution in [0, 0.1) is 5.92 Å². The molecule has 3 nitrogen and oxygen atoms in total. The van der Waals surface area contributed by atoms with E-state index in [-0.39, 0.29) is 11.9 Å². The van der Waals surface area contributed by atoms with Crippen molar-refractivity contribution in [2.24, 2.45) is 11.7 Å². The molecule has 0 spiro atoms. The number of rotatable bonds is 2. The van der Waals surface area contributed by atoms with E-state index in [4.69, 9.17) is 5.73 Å². The second-order valence-electron chi connectivity index (χ2n) is 5.86. The van der Waals surface area contributed by atoms with Crippen molar-refractivity contribution in [3.8, 4) is 0 Å². The van der Waals surface area contributed by atoms with E-state index in [1.165, 1.54) is 29.9 Å². The minimum absolute atomic E-state index is 0.0655. The van der Waals surface area contributed by atoms with Gasteiger partial charge in [-0.2, -0.15) is 11.8 Å². The number of hydrogen-bond donors (Lipinski definition) is 1. The van der Waals surface area contributed by atoms with Gasteiger partial charge in [-0.3, -0.25) is 4.79 Å². The predicted octanol–water partition coefficient (Wildman–Crippen LogP) is 2.44. The molecule has 108 valence electrons. The first-order valence-electron chi connectivity index (χ1n) is 7.45. The van der Waals surface area contributed by atoms with Gasteiger partial charge in [-0.05, 0) is 48.3 Å². The number of carbonyl (C=O) groups excluding carboxylic acids is 1. The highest BCUT2D eigenvalue weighted by molar-refractivity contribution is 7.99. The summed E-state index contributed by atoms with van der Waals surface area (Å²) in [5, 5.41) is 0. The maximum Gasteiger partial charge on any atom is 0.227 e. The molecule has 2 heterocycles. The number of thioether (sulfide) groups is 1. The summed E-state index contributed by atoms with van der Waals surface area (Å²) >= 11 is 2.01. The van der Waals surface area contributed by atoms with Crippen LogP contribution in [0.15, 0.2) is 24.3 Å². The van der Waals surface area contributed by atoms with Crippen molar-refractivity contribution in [1.82, 2.24) is 0 Å². The van der Waals surface area contributed by atoms with Gasteiger partial charge in [0.15, 0.2) is 0 Å². The predicted molar refractivity (Wildman–Crippen MR) is 85.1 cm³/mol. The van der Waals surface area contributed by atoms with Crippen molar-refractivity contribution in [2.75, 3.05) is 23.0 Å². The van der Waals surface area contributed by atoms with Crippen LogP contribution >= 0.6 is 11.8 Å². The van der Waals surface area contributed by atoms with Gasteiger partial charge in [-0.1, -0.05) is 18.2 Å². The molecule has 0 aliphatic carbocycles. The quantitative estimate of drug-likeness (QED) is 0.910.